The summed E-state index contributed by atoms with van der Waals surface area (Å²) in [6, 6.07) is 7.79. The molecule has 0 amide bonds. The number of aryl methyl sites for hydroxylation is 1. The molecule has 20 heavy (non-hydrogen) atoms. The molecule has 0 radical (unpaired) electrons. The molecule has 0 spiro atoms. The first kappa shape index (κ1) is 12.8. The van der Waals surface area contributed by atoms with Gasteiger partial charge in [-0.25, -0.2) is 15.0 Å². The van der Waals surface area contributed by atoms with E-state index in [4.69, 9.17) is 4.74 Å². The van der Waals surface area contributed by atoms with Gasteiger partial charge in [0.05, 0.1) is 13.2 Å². The van der Waals surface area contributed by atoms with Gasteiger partial charge in [0, 0.05) is 24.8 Å². The largest absolute Gasteiger partial charge is 0.378 e. The summed E-state index contributed by atoms with van der Waals surface area (Å²) in [5, 5.41) is 3.20. The van der Waals surface area contributed by atoms with E-state index in [1.165, 1.54) is 0 Å². The molecule has 6 nitrogen and oxygen atoms in total. The molecule has 104 valence electrons. The Morgan fingerprint density at radius 2 is 2.00 bits per heavy atom. The Hall–Kier alpha value is -2.21. The van der Waals surface area contributed by atoms with Crippen LogP contribution in [0.3, 0.4) is 0 Å². The molecule has 1 aliphatic heterocycles. The van der Waals surface area contributed by atoms with Crippen molar-refractivity contribution in [3.8, 4) is 0 Å². The third-order valence-electron chi connectivity index (χ3n) is 3.13. The lowest BCUT2D eigenvalue weighted by Gasteiger charge is -2.27. The topological polar surface area (TPSA) is 63.2 Å². The summed E-state index contributed by atoms with van der Waals surface area (Å²) in [5.41, 5.74) is 0.970. The predicted octanol–water partition coefficient (Wildman–Crippen LogP) is 1.76. The third kappa shape index (κ3) is 3.03. The van der Waals surface area contributed by atoms with Gasteiger partial charge in [0.2, 0.25) is 0 Å². The number of hydrogen-bond acceptors (Lipinski definition) is 6. The van der Waals surface area contributed by atoms with Crippen LogP contribution in [0.2, 0.25) is 0 Å². The first-order chi connectivity index (χ1) is 9.81. The molecule has 0 saturated carbocycles. The van der Waals surface area contributed by atoms with E-state index in [2.05, 4.69) is 25.2 Å². The highest BCUT2D eigenvalue weighted by Gasteiger charge is 2.13. The van der Waals surface area contributed by atoms with E-state index in [0.717, 1.165) is 49.5 Å². The maximum Gasteiger partial charge on any atom is 0.137 e. The van der Waals surface area contributed by atoms with Crippen LogP contribution in [0.5, 0.6) is 0 Å². The van der Waals surface area contributed by atoms with Gasteiger partial charge in [-0.15, -0.1) is 0 Å². The van der Waals surface area contributed by atoms with Crippen molar-refractivity contribution in [2.45, 2.75) is 6.92 Å². The molecule has 2 aromatic rings. The quantitative estimate of drug-likeness (QED) is 0.917. The second-order valence-electron chi connectivity index (χ2n) is 4.65. The normalized spacial score (nSPS) is 15.2. The van der Waals surface area contributed by atoms with Gasteiger partial charge in [-0.1, -0.05) is 6.07 Å². The first-order valence-electron chi connectivity index (χ1n) is 6.67. The van der Waals surface area contributed by atoms with Crippen molar-refractivity contribution in [3.63, 3.8) is 0 Å². The van der Waals surface area contributed by atoms with Gasteiger partial charge in [0.15, 0.2) is 0 Å². The van der Waals surface area contributed by atoms with Crippen LogP contribution in [0.15, 0.2) is 30.6 Å². The van der Waals surface area contributed by atoms with Crippen LogP contribution in [0.25, 0.3) is 0 Å². The second-order valence-corrected chi connectivity index (χ2v) is 4.65. The molecule has 0 aromatic carbocycles. The van der Waals surface area contributed by atoms with Crippen LogP contribution in [0, 0.1) is 6.92 Å². The minimum atomic E-state index is 0.742. The molecule has 0 aliphatic carbocycles. The molecule has 1 N–H and O–H groups in total. The molecular formula is C14H17N5O. The number of ether oxygens (including phenoxy) is 1. The molecule has 1 saturated heterocycles. The minimum absolute atomic E-state index is 0.742. The average molecular weight is 271 g/mol. The zero-order valence-corrected chi connectivity index (χ0v) is 11.4. The Labute approximate surface area is 117 Å². The van der Waals surface area contributed by atoms with E-state index in [-0.39, 0.29) is 0 Å². The van der Waals surface area contributed by atoms with Crippen molar-refractivity contribution in [3.05, 3.63) is 36.3 Å². The van der Waals surface area contributed by atoms with Crippen molar-refractivity contribution in [1.29, 1.82) is 0 Å². The Kier molecular flexibility index (Phi) is 3.73. The highest BCUT2D eigenvalue weighted by molar-refractivity contribution is 5.56. The second kappa shape index (κ2) is 5.83. The number of rotatable bonds is 3. The molecule has 0 atom stereocenters. The molecule has 1 aliphatic rings. The monoisotopic (exact) mass is 271 g/mol. The number of nitrogens with one attached hydrogen (secondary N) is 1. The number of nitrogens with zero attached hydrogens (tertiary/aromatic N) is 4. The molecule has 2 aromatic heterocycles. The van der Waals surface area contributed by atoms with Crippen LogP contribution in [-0.2, 0) is 4.74 Å². The molecular weight excluding hydrogens is 254 g/mol. The van der Waals surface area contributed by atoms with E-state index in [9.17, 15) is 0 Å². The zero-order valence-electron chi connectivity index (χ0n) is 11.4. The summed E-state index contributed by atoms with van der Waals surface area (Å²) in [7, 11) is 0. The Balaban J connectivity index is 1.77. The van der Waals surface area contributed by atoms with Gasteiger partial charge in [0.25, 0.3) is 0 Å². The van der Waals surface area contributed by atoms with Gasteiger partial charge in [-0.05, 0) is 19.1 Å². The standard InChI is InChI=1S/C14H17N5O/c1-11-3-2-4-12(17-11)18-13-9-14(16-10-15-13)19-5-7-20-8-6-19/h2-4,9-10H,5-8H2,1H3,(H,15,16,17,18). The lowest BCUT2D eigenvalue weighted by molar-refractivity contribution is 0.122. The lowest BCUT2D eigenvalue weighted by Crippen LogP contribution is -2.36. The predicted molar refractivity (Wildman–Crippen MR) is 77.3 cm³/mol. The van der Waals surface area contributed by atoms with Crippen molar-refractivity contribution < 1.29 is 4.74 Å². The van der Waals surface area contributed by atoms with Crippen molar-refractivity contribution in [1.82, 2.24) is 15.0 Å². The Morgan fingerprint density at radius 3 is 2.80 bits per heavy atom. The molecule has 6 heteroatoms. The van der Waals surface area contributed by atoms with Crippen LogP contribution >= 0.6 is 0 Å². The fourth-order valence-corrected chi connectivity index (χ4v) is 2.12. The summed E-state index contributed by atoms with van der Waals surface area (Å²) < 4.78 is 5.35. The van der Waals surface area contributed by atoms with Gasteiger partial charge in [-0.2, -0.15) is 0 Å². The third-order valence-corrected chi connectivity index (χ3v) is 3.13. The van der Waals surface area contributed by atoms with E-state index < -0.39 is 0 Å². The Morgan fingerprint density at radius 1 is 1.15 bits per heavy atom. The van der Waals surface area contributed by atoms with Crippen molar-refractivity contribution in [2.24, 2.45) is 0 Å². The van der Waals surface area contributed by atoms with E-state index >= 15 is 0 Å². The summed E-state index contributed by atoms with van der Waals surface area (Å²) in [6.45, 7) is 5.17. The number of hydrogen-bond donors (Lipinski definition) is 1. The maximum absolute atomic E-state index is 5.35. The van der Waals surface area contributed by atoms with E-state index in [0.29, 0.717) is 0 Å². The molecule has 3 rings (SSSR count). The van der Waals surface area contributed by atoms with Crippen LogP contribution in [-0.4, -0.2) is 41.3 Å². The SMILES string of the molecule is Cc1cccc(Nc2cc(N3CCOCC3)ncn2)n1. The number of morpholine rings is 1. The van der Waals surface area contributed by atoms with Crippen LogP contribution in [0.4, 0.5) is 17.5 Å². The highest BCUT2D eigenvalue weighted by Crippen LogP contribution is 2.18. The van der Waals surface area contributed by atoms with Gasteiger partial charge in [-0.3, -0.25) is 0 Å². The highest BCUT2D eigenvalue weighted by atomic mass is 16.5. The fraction of sp³-hybridized carbons (Fsp3) is 0.357. The summed E-state index contributed by atoms with van der Waals surface area (Å²) in [6.07, 6.45) is 1.57. The number of anilines is 3. The zero-order chi connectivity index (χ0) is 13.8. The average Bonchev–Trinajstić information content (AvgIpc) is 2.48. The summed E-state index contributed by atoms with van der Waals surface area (Å²) in [5.74, 6) is 2.45. The van der Waals surface area contributed by atoms with Crippen LogP contribution < -0.4 is 10.2 Å². The van der Waals surface area contributed by atoms with Crippen molar-refractivity contribution >= 4 is 17.5 Å². The summed E-state index contributed by atoms with van der Waals surface area (Å²) >= 11 is 0. The van der Waals surface area contributed by atoms with Crippen molar-refractivity contribution in [2.75, 3.05) is 36.5 Å². The fourth-order valence-electron chi connectivity index (χ4n) is 2.12. The Bertz CT molecular complexity index is 583. The smallest absolute Gasteiger partial charge is 0.137 e. The molecule has 0 bridgehead atoms. The maximum atomic E-state index is 5.35. The van der Waals surface area contributed by atoms with Crippen LogP contribution in [0.1, 0.15) is 5.69 Å². The van der Waals surface area contributed by atoms with Gasteiger partial charge < -0.3 is 15.0 Å². The molecule has 0 unspecified atom stereocenters. The van der Waals surface area contributed by atoms with E-state index in [1.807, 2.05) is 31.2 Å². The summed E-state index contributed by atoms with van der Waals surface area (Å²) in [4.78, 5) is 15.2. The first-order valence-corrected chi connectivity index (χ1v) is 6.67. The van der Waals surface area contributed by atoms with Gasteiger partial charge >= 0.3 is 0 Å². The number of pyridine rings is 1. The number of aromatic nitrogens is 3. The van der Waals surface area contributed by atoms with E-state index in [1.54, 1.807) is 6.33 Å². The molecule has 3 heterocycles. The lowest BCUT2D eigenvalue weighted by atomic mass is 10.3. The minimum Gasteiger partial charge on any atom is -0.378 e. The van der Waals surface area contributed by atoms with Gasteiger partial charge in [0.1, 0.15) is 23.8 Å². The molecule has 1 fully saturated rings.